The van der Waals surface area contributed by atoms with Gasteiger partial charge < -0.3 is 0 Å². The highest BCUT2D eigenvalue weighted by molar-refractivity contribution is 9.10. The molecule has 1 aliphatic rings. The fourth-order valence-corrected chi connectivity index (χ4v) is 2.61. The van der Waals surface area contributed by atoms with Gasteiger partial charge in [-0.05, 0) is 49.4 Å². The van der Waals surface area contributed by atoms with E-state index >= 15 is 0 Å². The molecule has 1 aromatic heterocycles. The predicted octanol–water partition coefficient (Wildman–Crippen LogP) is 3.88. The van der Waals surface area contributed by atoms with Crippen LogP contribution in [-0.2, 0) is 12.8 Å². The standard InChI is InChI=1S/C13H12BrN/c14-11-6-5-10-7-9-3-1-2-4-12(9)15-13(10)8-11/h5-8H,1-4H2. The van der Waals surface area contributed by atoms with E-state index in [0.717, 1.165) is 16.4 Å². The molecule has 3 rings (SSSR count). The van der Waals surface area contributed by atoms with E-state index < -0.39 is 0 Å². The third-order valence-electron chi connectivity index (χ3n) is 3.06. The van der Waals surface area contributed by atoms with Crippen LogP contribution in [0.25, 0.3) is 10.9 Å². The minimum atomic E-state index is 1.11. The molecule has 0 unspecified atom stereocenters. The number of rotatable bonds is 0. The lowest BCUT2D eigenvalue weighted by atomic mass is 9.95. The average Bonchev–Trinajstić information content (AvgIpc) is 2.26. The monoisotopic (exact) mass is 261 g/mol. The second-order valence-corrected chi connectivity index (χ2v) is 5.05. The summed E-state index contributed by atoms with van der Waals surface area (Å²) in [6.07, 6.45) is 4.96. The average molecular weight is 262 g/mol. The molecule has 15 heavy (non-hydrogen) atoms. The molecule has 2 heteroatoms. The Labute approximate surface area is 97.7 Å². The number of fused-ring (bicyclic) bond motifs is 2. The highest BCUT2D eigenvalue weighted by atomic mass is 79.9. The molecule has 0 spiro atoms. The molecular formula is C13H12BrN. The van der Waals surface area contributed by atoms with Gasteiger partial charge in [-0.25, -0.2) is 0 Å². The summed E-state index contributed by atoms with van der Waals surface area (Å²) in [4.78, 5) is 4.75. The van der Waals surface area contributed by atoms with E-state index in [-0.39, 0.29) is 0 Å². The van der Waals surface area contributed by atoms with Gasteiger partial charge >= 0.3 is 0 Å². The number of nitrogens with zero attached hydrogens (tertiary/aromatic N) is 1. The van der Waals surface area contributed by atoms with Crippen LogP contribution in [0.2, 0.25) is 0 Å². The maximum Gasteiger partial charge on any atom is 0.0716 e. The van der Waals surface area contributed by atoms with Crippen LogP contribution in [-0.4, -0.2) is 4.98 Å². The lowest BCUT2D eigenvalue weighted by molar-refractivity contribution is 0.671. The van der Waals surface area contributed by atoms with Crippen LogP contribution >= 0.6 is 15.9 Å². The number of pyridine rings is 1. The van der Waals surface area contributed by atoms with E-state index in [0.29, 0.717) is 0 Å². The number of hydrogen-bond donors (Lipinski definition) is 0. The van der Waals surface area contributed by atoms with Gasteiger partial charge in [0.05, 0.1) is 5.52 Å². The van der Waals surface area contributed by atoms with Gasteiger partial charge in [0.1, 0.15) is 0 Å². The van der Waals surface area contributed by atoms with Crippen LogP contribution in [0.3, 0.4) is 0 Å². The fraction of sp³-hybridized carbons (Fsp3) is 0.308. The van der Waals surface area contributed by atoms with E-state index in [4.69, 9.17) is 4.98 Å². The van der Waals surface area contributed by atoms with Gasteiger partial charge in [-0.2, -0.15) is 0 Å². The van der Waals surface area contributed by atoms with Gasteiger partial charge in [-0.15, -0.1) is 0 Å². The van der Waals surface area contributed by atoms with E-state index in [9.17, 15) is 0 Å². The second kappa shape index (κ2) is 3.60. The zero-order valence-corrected chi connectivity index (χ0v) is 10.0. The summed E-state index contributed by atoms with van der Waals surface area (Å²) in [5.74, 6) is 0. The second-order valence-electron chi connectivity index (χ2n) is 4.14. The first-order valence-corrected chi connectivity index (χ1v) is 6.20. The SMILES string of the molecule is Brc1ccc2cc3c(nc2c1)CCCC3. The number of halogens is 1. The van der Waals surface area contributed by atoms with Crippen molar-refractivity contribution in [3.8, 4) is 0 Å². The Morgan fingerprint density at radius 3 is 2.87 bits per heavy atom. The summed E-state index contributed by atoms with van der Waals surface area (Å²) in [5.41, 5.74) is 3.88. The Morgan fingerprint density at radius 1 is 1.07 bits per heavy atom. The zero-order chi connectivity index (χ0) is 10.3. The molecule has 1 nitrogen and oxygen atoms in total. The first kappa shape index (κ1) is 9.34. The van der Waals surface area contributed by atoms with E-state index in [1.165, 1.54) is 35.9 Å². The lowest BCUT2D eigenvalue weighted by Crippen LogP contribution is -2.05. The summed E-state index contributed by atoms with van der Waals surface area (Å²) in [6.45, 7) is 0. The normalized spacial score (nSPS) is 15.3. The molecule has 76 valence electrons. The molecule has 0 saturated heterocycles. The Morgan fingerprint density at radius 2 is 1.93 bits per heavy atom. The van der Waals surface area contributed by atoms with Crippen molar-refractivity contribution in [3.05, 3.63) is 40.0 Å². The van der Waals surface area contributed by atoms with Crippen molar-refractivity contribution >= 4 is 26.8 Å². The zero-order valence-electron chi connectivity index (χ0n) is 8.46. The first-order chi connectivity index (χ1) is 7.33. The van der Waals surface area contributed by atoms with Gasteiger partial charge in [0.25, 0.3) is 0 Å². The van der Waals surface area contributed by atoms with E-state index in [1.807, 2.05) is 0 Å². The largest absolute Gasteiger partial charge is 0.253 e. The summed E-state index contributed by atoms with van der Waals surface area (Å²) < 4.78 is 1.11. The van der Waals surface area contributed by atoms with E-state index in [1.54, 1.807) is 0 Å². The highest BCUT2D eigenvalue weighted by Crippen LogP contribution is 2.25. The topological polar surface area (TPSA) is 12.9 Å². The van der Waals surface area contributed by atoms with Crippen LogP contribution < -0.4 is 0 Å². The van der Waals surface area contributed by atoms with Gasteiger partial charge in [0, 0.05) is 15.6 Å². The van der Waals surface area contributed by atoms with Crippen molar-refractivity contribution < 1.29 is 0 Å². The molecule has 1 aromatic carbocycles. The minimum Gasteiger partial charge on any atom is -0.253 e. The highest BCUT2D eigenvalue weighted by Gasteiger charge is 2.11. The van der Waals surface area contributed by atoms with Gasteiger partial charge in [0.15, 0.2) is 0 Å². The number of benzene rings is 1. The Bertz CT molecular complexity index is 519. The third-order valence-corrected chi connectivity index (χ3v) is 3.55. The lowest BCUT2D eigenvalue weighted by Gasteiger charge is -2.15. The first-order valence-electron chi connectivity index (χ1n) is 5.41. The molecular weight excluding hydrogens is 250 g/mol. The molecule has 0 bridgehead atoms. The number of aryl methyl sites for hydroxylation is 2. The molecule has 2 aromatic rings. The van der Waals surface area contributed by atoms with Crippen molar-refractivity contribution in [2.75, 3.05) is 0 Å². The van der Waals surface area contributed by atoms with Crippen LogP contribution in [0.1, 0.15) is 24.1 Å². The summed E-state index contributed by atoms with van der Waals surface area (Å²) in [7, 11) is 0. The quantitative estimate of drug-likeness (QED) is 0.702. The van der Waals surface area contributed by atoms with Crippen molar-refractivity contribution in [2.24, 2.45) is 0 Å². The predicted molar refractivity (Wildman–Crippen MR) is 66.1 cm³/mol. The maximum atomic E-state index is 4.75. The van der Waals surface area contributed by atoms with Crippen molar-refractivity contribution in [1.82, 2.24) is 4.98 Å². The van der Waals surface area contributed by atoms with Crippen LogP contribution in [0, 0.1) is 0 Å². The van der Waals surface area contributed by atoms with E-state index in [2.05, 4.69) is 40.2 Å². The van der Waals surface area contributed by atoms with Crippen LogP contribution in [0.4, 0.5) is 0 Å². The molecule has 0 saturated carbocycles. The molecule has 0 fully saturated rings. The summed E-state index contributed by atoms with van der Waals surface area (Å²) in [5, 5.41) is 1.26. The molecule has 0 radical (unpaired) electrons. The van der Waals surface area contributed by atoms with Crippen molar-refractivity contribution in [3.63, 3.8) is 0 Å². The summed E-state index contributed by atoms with van der Waals surface area (Å²) >= 11 is 3.49. The number of hydrogen-bond acceptors (Lipinski definition) is 1. The molecule has 1 heterocycles. The molecule has 0 N–H and O–H groups in total. The molecule has 0 amide bonds. The molecule has 1 aliphatic carbocycles. The van der Waals surface area contributed by atoms with Gasteiger partial charge in [-0.3, -0.25) is 4.98 Å². The van der Waals surface area contributed by atoms with Crippen LogP contribution in [0.5, 0.6) is 0 Å². The van der Waals surface area contributed by atoms with Gasteiger partial charge in [0.2, 0.25) is 0 Å². The third kappa shape index (κ3) is 1.67. The molecule has 0 atom stereocenters. The van der Waals surface area contributed by atoms with Crippen molar-refractivity contribution in [2.45, 2.75) is 25.7 Å². The van der Waals surface area contributed by atoms with Crippen LogP contribution in [0.15, 0.2) is 28.7 Å². The maximum absolute atomic E-state index is 4.75. The summed E-state index contributed by atoms with van der Waals surface area (Å²) in [6, 6.07) is 8.63. The van der Waals surface area contributed by atoms with Crippen molar-refractivity contribution in [1.29, 1.82) is 0 Å². The Kier molecular flexibility index (Phi) is 2.24. The minimum absolute atomic E-state index is 1.11. The smallest absolute Gasteiger partial charge is 0.0716 e. The van der Waals surface area contributed by atoms with Gasteiger partial charge in [-0.1, -0.05) is 22.0 Å². The Balaban J connectivity index is 2.26. The Hall–Kier alpha value is -0.890. The molecule has 0 aliphatic heterocycles. The fourth-order valence-electron chi connectivity index (χ4n) is 2.26. The number of aromatic nitrogens is 1.